The smallest absolute Gasteiger partial charge is 0.248 e. The first-order valence-electron chi connectivity index (χ1n) is 20.6. The maximum atomic E-state index is 15.1. The fourth-order valence-electron chi connectivity index (χ4n) is 9.63. The third kappa shape index (κ3) is 10.1. The largest absolute Gasteiger partial charge is 0.332 e. The number of rotatable bonds is 10. The monoisotopic (exact) mass is 758 g/mol. The minimum atomic E-state index is -2.96. The van der Waals surface area contributed by atoms with Gasteiger partial charge in [0.1, 0.15) is 5.78 Å². The first-order valence-corrected chi connectivity index (χ1v) is 20.6. The standard InChI is InChI=1S/C43H64F2N2O7/c1-40(2,3)29(24-46-34(51)22-41(4,5)23-35(46)52)21-30(48)19-28-13-11-17-43(44,45)16-10-8-9-12-27(38(53)33(50)18-26-14-15-26)20-32(49)37-36-31(42(36,6)7)25-47(37)39(28)54/h26-29,31,36-37H,8-25H2,1-7H3/t27-,28-,29-,31+,36+,37-/m1/s1. The quantitative estimate of drug-likeness (QED) is 0.166. The zero-order chi connectivity index (χ0) is 40.0. The van der Waals surface area contributed by atoms with E-state index in [9.17, 15) is 33.6 Å². The van der Waals surface area contributed by atoms with Crippen LogP contribution in [0.25, 0.3) is 0 Å². The van der Waals surface area contributed by atoms with Gasteiger partial charge in [-0.05, 0) is 78.4 Å². The molecular weight excluding hydrogens is 694 g/mol. The topological polar surface area (TPSA) is 126 Å². The molecule has 0 unspecified atom stereocenters. The summed E-state index contributed by atoms with van der Waals surface area (Å²) in [6.45, 7) is 14.1. The number of hydrogen-bond donors (Lipinski definition) is 0. The van der Waals surface area contributed by atoms with Crippen LogP contribution in [0.1, 0.15) is 151 Å². The SMILES string of the molecule is CC1(C)CC(=O)N(C[C@@H](CC(=O)C[C@H]2CCCC(F)(F)CCCCC[C@@H](C(=O)C(=O)CC3CC3)CC(=O)[C@@H]3[C@@H]4[C@H](CN3C2=O)C4(C)C)C(C)(C)C)C(=O)C1. The van der Waals surface area contributed by atoms with Crippen LogP contribution >= 0.6 is 0 Å². The molecule has 0 aromatic carbocycles. The number of carbonyl (C=O) groups is 7. The van der Waals surface area contributed by atoms with Crippen molar-refractivity contribution in [2.75, 3.05) is 13.1 Å². The van der Waals surface area contributed by atoms with E-state index in [1.165, 1.54) is 4.90 Å². The van der Waals surface area contributed by atoms with E-state index in [4.69, 9.17) is 0 Å². The van der Waals surface area contributed by atoms with E-state index in [1.807, 2.05) is 34.6 Å². The van der Waals surface area contributed by atoms with Crippen LogP contribution < -0.4 is 0 Å². The van der Waals surface area contributed by atoms with Gasteiger partial charge in [-0.25, -0.2) is 8.78 Å². The molecule has 0 bridgehead atoms. The van der Waals surface area contributed by atoms with Gasteiger partial charge in [-0.3, -0.25) is 38.5 Å². The number of carbonyl (C=O) groups excluding carboxylic acids is 7. The second-order valence-corrected chi connectivity index (χ2v) is 20.2. The number of fused-ring (bicyclic) bond motifs is 3. The molecule has 3 saturated heterocycles. The van der Waals surface area contributed by atoms with Crippen molar-refractivity contribution < 1.29 is 42.3 Å². The van der Waals surface area contributed by atoms with Crippen molar-refractivity contribution in [3.63, 3.8) is 0 Å². The molecule has 2 saturated carbocycles. The summed E-state index contributed by atoms with van der Waals surface area (Å²) < 4.78 is 30.2. The average molecular weight is 759 g/mol. The van der Waals surface area contributed by atoms with Crippen LogP contribution in [-0.2, 0) is 33.6 Å². The molecule has 6 atom stereocenters. The molecule has 5 aliphatic rings. The molecule has 3 heterocycles. The minimum absolute atomic E-state index is 0.00318. The number of likely N-dealkylation sites (tertiary alicyclic amines) is 1. The molecule has 0 aromatic rings. The Morgan fingerprint density at radius 3 is 2.07 bits per heavy atom. The van der Waals surface area contributed by atoms with Gasteiger partial charge < -0.3 is 4.90 Å². The lowest BCUT2D eigenvalue weighted by atomic mass is 9.75. The molecule has 3 aliphatic heterocycles. The summed E-state index contributed by atoms with van der Waals surface area (Å²) in [4.78, 5) is 98.1. The molecule has 54 heavy (non-hydrogen) atoms. The predicted molar refractivity (Wildman–Crippen MR) is 199 cm³/mol. The Bertz CT molecular complexity index is 1490. The molecule has 302 valence electrons. The lowest BCUT2D eigenvalue weighted by molar-refractivity contribution is -0.154. The van der Waals surface area contributed by atoms with Gasteiger partial charge in [0.05, 0.1) is 6.04 Å². The highest BCUT2D eigenvalue weighted by atomic mass is 19.3. The Kier molecular flexibility index (Phi) is 12.5. The third-order valence-corrected chi connectivity index (χ3v) is 13.6. The van der Waals surface area contributed by atoms with Crippen molar-refractivity contribution in [1.82, 2.24) is 9.80 Å². The van der Waals surface area contributed by atoms with E-state index < -0.39 is 64.4 Å². The van der Waals surface area contributed by atoms with Crippen LogP contribution in [0.2, 0.25) is 0 Å². The lowest BCUT2D eigenvalue weighted by Crippen LogP contribution is -2.50. The van der Waals surface area contributed by atoms with Gasteiger partial charge in [-0.2, -0.15) is 0 Å². The number of piperidine rings is 2. The highest BCUT2D eigenvalue weighted by Gasteiger charge is 2.69. The molecular formula is C43H64F2N2O7. The molecule has 0 spiro atoms. The first-order chi connectivity index (χ1) is 25.0. The van der Waals surface area contributed by atoms with Crippen molar-refractivity contribution in [2.45, 2.75) is 163 Å². The second kappa shape index (κ2) is 16.0. The third-order valence-electron chi connectivity index (χ3n) is 13.6. The number of Topliss-reactive ketones (excluding diaryl/α,β-unsaturated/α-hetero) is 4. The fourth-order valence-corrected chi connectivity index (χ4v) is 9.63. The Morgan fingerprint density at radius 1 is 0.833 bits per heavy atom. The Hall–Kier alpha value is -2.85. The summed E-state index contributed by atoms with van der Waals surface area (Å²) in [5, 5.41) is 0. The van der Waals surface area contributed by atoms with E-state index in [1.54, 1.807) is 4.90 Å². The van der Waals surface area contributed by atoms with Crippen molar-refractivity contribution in [1.29, 1.82) is 0 Å². The summed E-state index contributed by atoms with van der Waals surface area (Å²) >= 11 is 0. The second-order valence-electron chi connectivity index (χ2n) is 20.2. The fraction of sp³-hybridized carbons (Fsp3) is 0.837. The normalized spacial score (nSPS) is 31.1. The van der Waals surface area contributed by atoms with Crippen LogP contribution in [-0.4, -0.2) is 75.7 Å². The Morgan fingerprint density at radius 2 is 1.46 bits per heavy atom. The number of hydrogen-bond acceptors (Lipinski definition) is 7. The van der Waals surface area contributed by atoms with Crippen molar-refractivity contribution >= 4 is 40.9 Å². The number of halogens is 2. The summed E-state index contributed by atoms with van der Waals surface area (Å²) in [6, 6.07) is -0.805. The van der Waals surface area contributed by atoms with Crippen LogP contribution in [0, 0.1) is 51.8 Å². The van der Waals surface area contributed by atoms with E-state index >= 15 is 8.78 Å². The zero-order valence-electron chi connectivity index (χ0n) is 33.8. The summed E-state index contributed by atoms with van der Waals surface area (Å²) in [6.07, 6.45) is 2.83. The maximum Gasteiger partial charge on any atom is 0.248 e. The van der Waals surface area contributed by atoms with Gasteiger partial charge in [0.15, 0.2) is 11.6 Å². The van der Waals surface area contributed by atoms with E-state index in [0.29, 0.717) is 19.4 Å². The van der Waals surface area contributed by atoms with E-state index in [0.717, 1.165) is 12.8 Å². The summed E-state index contributed by atoms with van der Waals surface area (Å²) in [5.41, 5.74) is -1.11. The van der Waals surface area contributed by atoms with Crippen molar-refractivity contribution in [2.24, 2.45) is 51.8 Å². The molecule has 0 radical (unpaired) electrons. The summed E-state index contributed by atoms with van der Waals surface area (Å²) in [7, 11) is 0. The summed E-state index contributed by atoms with van der Waals surface area (Å²) in [5.74, 6) is -7.43. The number of imide groups is 1. The van der Waals surface area contributed by atoms with Gasteiger partial charge in [-0.1, -0.05) is 61.3 Å². The molecule has 9 nitrogen and oxygen atoms in total. The minimum Gasteiger partial charge on any atom is -0.332 e. The van der Waals surface area contributed by atoms with Crippen molar-refractivity contribution in [3.05, 3.63) is 0 Å². The van der Waals surface area contributed by atoms with E-state index in [2.05, 4.69) is 13.8 Å². The average Bonchev–Trinajstić information content (AvgIpc) is 3.89. The van der Waals surface area contributed by atoms with Gasteiger partial charge >= 0.3 is 0 Å². The molecule has 2 aliphatic carbocycles. The molecule has 3 amide bonds. The molecule has 0 N–H and O–H groups in total. The highest BCUT2D eigenvalue weighted by Crippen LogP contribution is 2.65. The number of amides is 3. The predicted octanol–water partition coefficient (Wildman–Crippen LogP) is 7.56. The van der Waals surface area contributed by atoms with Crippen LogP contribution in [0.4, 0.5) is 8.78 Å². The molecule has 5 rings (SSSR count). The Balaban J connectivity index is 1.37. The van der Waals surface area contributed by atoms with Gasteiger partial charge in [-0.15, -0.1) is 0 Å². The number of ketones is 4. The molecule has 11 heteroatoms. The number of alkyl halides is 2. The van der Waals surface area contributed by atoms with Gasteiger partial charge in [0.2, 0.25) is 29.4 Å². The first kappa shape index (κ1) is 42.3. The maximum absolute atomic E-state index is 15.1. The van der Waals surface area contributed by atoms with Crippen molar-refractivity contribution in [3.8, 4) is 0 Å². The van der Waals surface area contributed by atoms with Crippen LogP contribution in [0.3, 0.4) is 0 Å². The zero-order valence-corrected chi connectivity index (χ0v) is 33.8. The molecule has 0 aromatic heterocycles. The Labute approximate surface area is 320 Å². The lowest BCUT2D eigenvalue weighted by Gasteiger charge is -2.39. The molecule has 5 fully saturated rings. The van der Waals surface area contributed by atoms with Gasteiger partial charge in [0, 0.05) is 76.3 Å². The highest BCUT2D eigenvalue weighted by molar-refractivity contribution is 6.38. The van der Waals surface area contributed by atoms with Crippen LogP contribution in [0.5, 0.6) is 0 Å². The van der Waals surface area contributed by atoms with Gasteiger partial charge in [0.25, 0.3) is 0 Å². The van der Waals surface area contributed by atoms with E-state index in [-0.39, 0.29) is 124 Å². The van der Waals surface area contributed by atoms with Crippen LogP contribution in [0.15, 0.2) is 0 Å². The number of nitrogens with zero attached hydrogens (tertiary/aromatic N) is 2.